The summed E-state index contributed by atoms with van der Waals surface area (Å²) >= 11 is 5.84. The van der Waals surface area contributed by atoms with Gasteiger partial charge in [-0.05, 0) is 72.9 Å². The number of nitrogens with zero attached hydrogens (tertiary/aromatic N) is 4. The molecule has 4 heterocycles. The first kappa shape index (κ1) is 23.7. The van der Waals surface area contributed by atoms with Crippen molar-refractivity contribution in [3.05, 3.63) is 108 Å². The molecule has 36 heavy (non-hydrogen) atoms. The second-order valence-electron chi connectivity index (χ2n) is 8.41. The molecule has 2 N–H and O–H groups in total. The van der Waals surface area contributed by atoms with Crippen LogP contribution in [-0.4, -0.2) is 39.3 Å². The molecular weight excluding hydrogens is 472 g/mol. The lowest BCUT2D eigenvalue weighted by molar-refractivity contribution is -0.119. The predicted octanol–water partition coefficient (Wildman–Crippen LogP) is 4.09. The van der Waals surface area contributed by atoms with Crippen molar-refractivity contribution < 1.29 is 9.53 Å². The summed E-state index contributed by atoms with van der Waals surface area (Å²) in [6.45, 7) is 0.642. The normalized spacial score (nSPS) is 17.1. The van der Waals surface area contributed by atoms with Crippen molar-refractivity contribution >= 4 is 34.6 Å². The standard InChI is InChI=1S/C27H26N6O2S/c1-35-18-24(34)30-19-10-12-21(13-11-19)33-26(25(31-27(33)36)22-8-3-5-15-29-22)23-9-6-16-32(23)17-20-7-2-4-14-28-20/h2-16,25-26H,17-18H2,1H3,(H,30,34)(H,31,36)/t25-,26-/m0/s1. The molecule has 1 saturated heterocycles. The topological polar surface area (TPSA) is 84.3 Å². The molecule has 0 bridgehead atoms. The average molecular weight is 499 g/mol. The Hall–Kier alpha value is -4.08. The van der Waals surface area contributed by atoms with Gasteiger partial charge < -0.3 is 24.8 Å². The lowest BCUT2D eigenvalue weighted by Crippen LogP contribution is -2.30. The van der Waals surface area contributed by atoms with Crippen LogP contribution in [0, 0.1) is 0 Å². The van der Waals surface area contributed by atoms with Crippen molar-refractivity contribution in [1.82, 2.24) is 19.9 Å². The number of hydrogen-bond acceptors (Lipinski definition) is 5. The zero-order valence-corrected chi connectivity index (χ0v) is 20.6. The molecule has 8 nitrogen and oxygen atoms in total. The molecule has 182 valence electrons. The Labute approximate surface area is 215 Å². The number of carbonyl (C=O) groups excluding carboxylic acids is 1. The number of rotatable bonds is 8. The molecule has 5 rings (SSSR count). The minimum atomic E-state index is -0.205. The van der Waals surface area contributed by atoms with Gasteiger partial charge >= 0.3 is 0 Å². The number of thiocarbonyl (C=S) groups is 1. The number of aromatic nitrogens is 3. The second kappa shape index (κ2) is 10.7. The van der Waals surface area contributed by atoms with Crippen molar-refractivity contribution in [2.24, 2.45) is 0 Å². The lowest BCUT2D eigenvalue weighted by Gasteiger charge is -2.29. The number of carbonyl (C=O) groups is 1. The van der Waals surface area contributed by atoms with Crippen molar-refractivity contribution in [3.63, 3.8) is 0 Å². The fourth-order valence-corrected chi connectivity index (χ4v) is 4.82. The monoisotopic (exact) mass is 498 g/mol. The zero-order valence-electron chi connectivity index (χ0n) is 19.7. The van der Waals surface area contributed by atoms with Crippen molar-refractivity contribution in [1.29, 1.82) is 0 Å². The van der Waals surface area contributed by atoms with Crippen molar-refractivity contribution in [2.75, 3.05) is 23.9 Å². The maximum absolute atomic E-state index is 11.9. The van der Waals surface area contributed by atoms with E-state index in [0.29, 0.717) is 17.3 Å². The Balaban J connectivity index is 1.51. The Kier molecular flexibility index (Phi) is 7.01. The number of pyridine rings is 2. The molecule has 1 fully saturated rings. The summed E-state index contributed by atoms with van der Waals surface area (Å²) in [6, 6.07) is 23.3. The smallest absolute Gasteiger partial charge is 0.250 e. The van der Waals surface area contributed by atoms with Crippen molar-refractivity contribution in [3.8, 4) is 0 Å². The van der Waals surface area contributed by atoms with Gasteiger partial charge in [-0.25, -0.2) is 0 Å². The summed E-state index contributed by atoms with van der Waals surface area (Å²) in [7, 11) is 1.49. The minimum Gasteiger partial charge on any atom is -0.375 e. The van der Waals surface area contributed by atoms with Gasteiger partial charge in [-0.15, -0.1) is 0 Å². The van der Waals surface area contributed by atoms with E-state index in [0.717, 1.165) is 22.8 Å². The Morgan fingerprint density at radius 2 is 1.81 bits per heavy atom. The van der Waals surface area contributed by atoms with Gasteiger partial charge in [0.15, 0.2) is 5.11 Å². The molecule has 2 atom stereocenters. The number of methoxy groups -OCH3 is 1. The van der Waals surface area contributed by atoms with Gasteiger partial charge in [0.1, 0.15) is 12.6 Å². The Bertz CT molecular complexity index is 1330. The maximum Gasteiger partial charge on any atom is 0.250 e. The summed E-state index contributed by atoms with van der Waals surface area (Å²) in [4.78, 5) is 23.2. The molecule has 1 amide bonds. The first-order chi connectivity index (χ1) is 17.6. The first-order valence-electron chi connectivity index (χ1n) is 11.6. The number of benzene rings is 1. The molecule has 0 radical (unpaired) electrons. The third-order valence-corrected chi connectivity index (χ3v) is 6.34. The second-order valence-corrected chi connectivity index (χ2v) is 8.79. The minimum absolute atomic E-state index is 0.00295. The highest BCUT2D eigenvalue weighted by atomic mass is 32.1. The van der Waals surface area contributed by atoms with Gasteiger partial charge in [0.2, 0.25) is 5.91 Å². The van der Waals surface area contributed by atoms with Crippen LogP contribution in [-0.2, 0) is 16.1 Å². The third kappa shape index (κ3) is 4.98. The molecule has 1 aliphatic rings. The zero-order chi connectivity index (χ0) is 24.9. The van der Waals surface area contributed by atoms with Crippen LogP contribution in [0.3, 0.4) is 0 Å². The van der Waals surface area contributed by atoms with Crippen LogP contribution in [0.5, 0.6) is 0 Å². The van der Waals surface area contributed by atoms with E-state index in [9.17, 15) is 4.79 Å². The van der Waals surface area contributed by atoms with E-state index in [1.807, 2.05) is 66.7 Å². The molecule has 3 aromatic heterocycles. The van der Waals surface area contributed by atoms with Crippen LogP contribution in [0.15, 0.2) is 91.4 Å². The Morgan fingerprint density at radius 3 is 2.50 bits per heavy atom. The van der Waals surface area contributed by atoms with Crippen LogP contribution >= 0.6 is 12.2 Å². The molecule has 4 aromatic rings. The SMILES string of the molecule is COCC(=O)Nc1ccc(N2C(=S)N[C@@H](c3ccccn3)[C@@H]2c2cccn2Cc2ccccn2)cc1. The van der Waals surface area contributed by atoms with E-state index in [2.05, 4.69) is 42.3 Å². The highest BCUT2D eigenvalue weighted by Crippen LogP contribution is 2.41. The van der Waals surface area contributed by atoms with Gasteiger partial charge in [0, 0.05) is 42.8 Å². The molecular formula is C27H26N6O2S. The van der Waals surface area contributed by atoms with Gasteiger partial charge in [0.05, 0.1) is 24.0 Å². The number of amides is 1. The van der Waals surface area contributed by atoms with Crippen molar-refractivity contribution in [2.45, 2.75) is 18.6 Å². The summed E-state index contributed by atoms with van der Waals surface area (Å²) in [5.74, 6) is -0.205. The fraction of sp³-hybridized carbons (Fsp3) is 0.185. The van der Waals surface area contributed by atoms with E-state index < -0.39 is 0 Å². The average Bonchev–Trinajstić information content (AvgIpc) is 3.49. The van der Waals surface area contributed by atoms with Crippen LogP contribution < -0.4 is 15.5 Å². The molecule has 1 aromatic carbocycles. The largest absolute Gasteiger partial charge is 0.375 e. The highest BCUT2D eigenvalue weighted by molar-refractivity contribution is 7.80. The predicted molar refractivity (Wildman–Crippen MR) is 143 cm³/mol. The molecule has 0 spiro atoms. The summed E-state index contributed by atoms with van der Waals surface area (Å²) in [6.07, 6.45) is 5.67. The van der Waals surface area contributed by atoms with Crippen LogP contribution in [0.1, 0.15) is 29.2 Å². The van der Waals surface area contributed by atoms with Gasteiger partial charge in [-0.1, -0.05) is 12.1 Å². The fourth-order valence-electron chi connectivity index (χ4n) is 4.47. The summed E-state index contributed by atoms with van der Waals surface area (Å²) < 4.78 is 7.10. The highest BCUT2D eigenvalue weighted by Gasteiger charge is 2.42. The molecule has 0 saturated carbocycles. The van der Waals surface area contributed by atoms with E-state index in [-0.39, 0.29) is 24.6 Å². The summed E-state index contributed by atoms with van der Waals surface area (Å²) in [5, 5.41) is 6.93. The summed E-state index contributed by atoms with van der Waals surface area (Å²) in [5.41, 5.74) is 4.56. The number of anilines is 2. The quantitative estimate of drug-likeness (QED) is 0.354. The van der Waals surface area contributed by atoms with E-state index in [1.165, 1.54) is 7.11 Å². The van der Waals surface area contributed by atoms with E-state index >= 15 is 0 Å². The molecule has 0 unspecified atom stereocenters. The first-order valence-corrected chi connectivity index (χ1v) is 12.0. The van der Waals surface area contributed by atoms with Gasteiger partial charge in [-0.3, -0.25) is 14.8 Å². The van der Waals surface area contributed by atoms with Gasteiger partial charge in [0.25, 0.3) is 0 Å². The third-order valence-electron chi connectivity index (χ3n) is 6.03. The lowest BCUT2D eigenvalue weighted by atomic mass is 10.0. The van der Waals surface area contributed by atoms with E-state index in [1.54, 1.807) is 12.4 Å². The number of nitrogens with one attached hydrogen (secondary N) is 2. The van der Waals surface area contributed by atoms with Gasteiger partial charge in [-0.2, -0.15) is 0 Å². The van der Waals surface area contributed by atoms with E-state index in [4.69, 9.17) is 17.0 Å². The van der Waals surface area contributed by atoms with Crippen LogP contribution in [0.2, 0.25) is 0 Å². The number of ether oxygens (including phenoxy) is 1. The molecule has 0 aliphatic carbocycles. The Morgan fingerprint density at radius 1 is 1.03 bits per heavy atom. The maximum atomic E-state index is 11.9. The molecule has 9 heteroatoms. The molecule has 1 aliphatic heterocycles. The number of hydrogen-bond donors (Lipinski definition) is 2. The van der Waals surface area contributed by atoms with Crippen LogP contribution in [0.25, 0.3) is 0 Å². The van der Waals surface area contributed by atoms with Crippen LogP contribution in [0.4, 0.5) is 11.4 Å².